The van der Waals surface area contributed by atoms with E-state index in [0.29, 0.717) is 10.8 Å². The van der Waals surface area contributed by atoms with Crippen LogP contribution < -0.4 is 16.6 Å². The van der Waals surface area contributed by atoms with E-state index >= 15 is 0 Å². The molecular weight excluding hydrogens is 240 g/mol. The van der Waals surface area contributed by atoms with Crippen LogP contribution in [0, 0.1) is 6.92 Å². The fourth-order valence-corrected chi connectivity index (χ4v) is 1.54. The predicted molar refractivity (Wildman–Crippen MR) is 68.7 cm³/mol. The number of H-pyrrole nitrogens is 1. The van der Waals surface area contributed by atoms with Gasteiger partial charge >= 0.3 is 0 Å². The molecule has 0 saturated heterocycles. The van der Waals surface area contributed by atoms with Gasteiger partial charge in [0.2, 0.25) is 0 Å². The summed E-state index contributed by atoms with van der Waals surface area (Å²) in [6.07, 6.45) is 1.29. The second-order valence-corrected chi connectivity index (χ2v) is 4.01. The number of halogens is 1. The lowest BCUT2D eigenvalue weighted by Gasteiger charge is -2.10. The third-order valence-electron chi connectivity index (χ3n) is 2.34. The van der Waals surface area contributed by atoms with Gasteiger partial charge in [0.1, 0.15) is 5.69 Å². The fourth-order valence-electron chi connectivity index (χ4n) is 1.37. The predicted octanol–water partition coefficient (Wildman–Crippen LogP) is 2.06. The molecule has 0 radical (unpaired) electrons. The summed E-state index contributed by atoms with van der Waals surface area (Å²) in [7, 11) is 0. The lowest BCUT2D eigenvalue weighted by Crippen LogP contribution is -2.14. The Morgan fingerprint density at radius 2 is 2.24 bits per heavy atom. The molecule has 2 rings (SSSR count). The first-order valence-electron chi connectivity index (χ1n) is 4.94. The number of rotatable bonds is 2. The Bertz CT molecular complexity index is 609. The van der Waals surface area contributed by atoms with Crippen LogP contribution in [0.1, 0.15) is 5.56 Å². The Labute approximate surface area is 103 Å². The molecule has 1 heterocycles. The zero-order valence-corrected chi connectivity index (χ0v) is 9.88. The van der Waals surface area contributed by atoms with Crippen LogP contribution in [-0.4, -0.2) is 9.97 Å². The van der Waals surface area contributed by atoms with Crippen LogP contribution in [0.5, 0.6) is 0 Å². The summed E-state index contributed by atoms with van der Waals surface area (Å²) < 4.78 is 0. The number of nitrogens with zero attached hydrogens (tertiary/aromatic N) is 1. The number of aryl methyl sites for hydroxylation is 1. The molecule has 0 saturated carbocycles. The largest absolute Gasteiger partial charge is 0.391 e. The molecule has 0 amide bonds. The molecule has 0 aliphatic heterocycles. The summed E-state index contributed by atoms with van der Waals surface area (Å²) in [5.41, 5.74) is 7.04. The molecule has 17 heavy (non-hydrogen) atoms. The highest BCUT2D eigenvalue weighted by Gasteiger charge is 2.06. The molecule has 0 spiro atoms. The number of nitrogen functional groups attached to an aromatic ring is 1. The van der Waals surface area contributed by atoms with Gasteiger partial charge in [-0.2, -0.15) is 0 Å². The first kappa shape index (κ1) is 11.5. The Morgan fingerprint density at radius 3 is 3.00 bits per heavy atom. The minimum atomic E-state index is -0.373. The van der Waals surface area contributed by atoms with Gasteiger partial charge in [-0.05, 0) is 24.6 Å². The maximum absolute atomic E-state index is 11.3. The molecule has 4 N–H and O–H groups in total. The first-order valence-corrected chi connectivity index (χ1v) is 5.32. The van der Waals surface area contributed by atoms with E-state index in [2.05, 4.69) is 15.3 Å². The molecule has 0 atom stereocenters. The van der Waals surface area contributed by atoms with Crippen LogP contribution in [0.4, 0.5) is 17.2 Å². The van der Waals surface area contributed by atoms with E-state index in [0.717, 1.165) is 11.3 Å². The van der Waals surface area contributed by atoms with Crippen LogP contribution >= 0.6 is 11.6 Å². The molecule has 1 aromatic carbocycles. The third kappa shape index (κ3) is 2.39. The molecule has 88 valence electrons. The van der Waals surface area contributed by atoms with E-state index in [4.69, 9.17) is 17.3 Å². The molecule has 2 aromatic rings. The molecular formula is C11H11ClN4O. The topological polar surface area (TPSA) is 83.8 Å². The summed E-state index contributed by atoms with van der Waals surface area (Å²) in [5.74, 6) is 0.319. The van der Waals surface area contributed by atoms with Crippen molar-refractivity contribution in [3.63, 3.8) is 0 Å². The number of hydrogen-bond acceptors (Lipinski definition) is 4. The van der Waals surface area contributed by atoms with Crippen LogP contribution in [0.25, 0.3) is 0 Å². The second-order valence-electron chi connectivity index (χ2n) is 3.58. The van der Waals surface area contributed by atoms with Gasteiger partial charge in [0, 0.05) is 10.7 Å². The molecule has 1 aromatic heterocycles. The SMILES string of the molecule is Cc1ccc(Cl)cc1Nc1nc[nH]c(=O)c1N. The quantitative estimate of drug-likeness (QED) is 0.762. The highest BCUT2D eigenvalue weighted by Crippen LogP contribution is 2.24. The van der Waals surface area contributed by atoms with Crippen molar-refractivity contribution in [2.45, 2.75) is 6.92 Å². The van der Waals surface area contributed by atoms with Crippen molar-refractivity contribution in [3.8, 4) is 0 Å². The zero-order valence-electron chi connectivity index (χ0n) is 9.12. The van der Waals surface area contributed by atoms with Crippen molar-refractivity contribution in [3.05, 3.63) is 45.5 Å². The van der Waals surface area contributed by atoms with E-state index in [1.54, 1.807) is 12.1 Å². The van der Waals surface area contributed by atoms with Gasteiger partial charge in [0.05, 0.1) is 6.33 Å². The van der Waals surface area contributed by atoms with Crippen LogP contribution in [0.2, 0.25) is 5.02 Å². The van der Waals surface area contributed by atoms with Gasteiger partial charge in [0.25, 0.3) is 5.56 Å². The van der Waals surface area contributed by atoms with Crippen LogP contribution in [-0.2, 0) is 0 Å². The highest BCUT2D eigenvalue weighted by molar-refractivity contribution is 6.30. The second kappa shape index (κ2) is 4.47. The van der Waals surface area contributed by atoms with Crippen molar-refractivity contribution in [2.75, 3.05) is 11.1 Å². The number of aromatic nitrogens is 2. The molecule has 0 fully saturated rings. The summed E-state index contributed by atoms with van der Waals surface area (Å²) >= 11 is 5.89. The van der Waals surface area contributed by atoms with E-state index in [-0.39, 0.29) is 11.2 Å². The third-order valence-corrected chi connectivity index (χ3v) is 2.58. The van der Waals surface area contributed by atoms with Crippen molar-refractivity contribution < 1.29 is 0 Å². The first-order chi connectivity index (χ1) is 8.08. The molecule has 6 heteroatoms. The van der Waals surface area contributed by atoms with Gasteiger partial charge in [-0.25, -0.2) is 4.98 Å². The lowest BCUT2D eigenvalue weighted by molar-refractivity contribution is 1.12. The van der Waals surface area contributed by atoms with Crippen LogP contribution in [0.15, 0.2) is 29.3 Å². The Hall–Kier alpha value is -2.01. The van der Waals surface area contributed by atoms with E-state index in [1.165, 1.54) is 6.33 Å². The number of nitrogens with two attached hydrogens (primary N) is 1. The van der Waals surface area contributed by atoms with Crippen molar-refractivity contribution in [2.24, 2.45) is 0 Å². The molecule has 0 bridgehead atoms. The average molecular weight is 251 g/mol. The van der Waals surface area contributed by atoms with Gasteiger partial charge < -0.3 is 16.0 Å². The number of hydrogen-bond donors (Lipinski definition) is 3. The smallest absolute Gasteiger partial charge is 0.276 e. The number of nitrogens with one attached hydrogen (secondary N) is 2. The summed E-state index contributed by atoms with van der Waals surface area (Å²) in [6.45, 7) is 1.92. The van der Waals surface area contributed by atoms with Crippen molar-refractivity contribution in [1.29, 1.82) is 0 Å². The van der Waals surface area contributed by atoms with Crippen molar-refractivity contribution >= 4 is 28.8 Å². The maximum Gasteiger partial charge on any atom is 0.276 e. The maximum atomic E-state index is 11.3. The van der Waals surface area contributed by atoms with Crippen molar-refractivity contribution in [1.82, 2.24) is 9.97 Å². The monoisotopic (exact) mass is 250 g/mol. The van der Waals surface area contributed by atoms with Gasteiger partial charge in [0.15, 0.2) is 5.82 Å². The average Bonchev–Trinajstić information content (AvgIpc) is 2.30. The lowest BCUT2D eigenvalue weighted by atomic mass is 10.2. The summed E-state index contributed by atoms with van der Waals surface area (Å²) in [5, 5.41) is 3.58. The van der Waals surface area contributed by atoms with E-state index in [9.17, 15) is 4.79 Å². The van der Waals surface area contributed by atoms with E-state index < -0.39 is 0 Å². The number of aromatic amines is 1. The van der Waals surface area contributed by atoms with Gasteiger partial charge in [-0.15, -0.1) is 0 Å². The van der Waals surface area contributed by atoms with Gasteiger partial charge in [-0.1, -0.05) is 17.7 Å². The number of anilines is 3. The minimum absolute atomic E-state index is 0.0480. The standard InChI is InChI=1S/C11H11ClN4O/c1-6-2-3-7(12)4-8(6)16-10-9(13)11(17)15-5-14-10/h2-5H,13H2,1H3,(H2,14,15,16,17). The Kier molecular flexibility index (Phi) is 3.01. The summed E-state index contributed by atoms with van der Waals surface area (Å²) in [4.78, 5) is 17.7. The number of benzene rings is 1. The molecule has 0 aliphatic rings. The van der Waals surface area contributed by atoms with E-state index in [1.807, 2.05) is 13.0 Å². The molecule has 5 nitrogen and oxygen atoms in total. The molecule has 0 unspecified atom stereocenters. The Balaban J connectivity index is 2.41. The summed E-state index contributed by atoms with van der Waals surface area (Å²) in [6, 6.07) is 5.41. The highest BCUT2D eigenvalue weighted by atomic mass is 35.5. The Morgan fingerprint density at radius 1 is 1.47 bits per heavy atom. The molecule has 0 aliphatic carbocycles. The fraction of sp³-hybridized carbons (Fsp3) is 0.0909. The normalized spacial score (nSPS) is 10.2. The van der Waals surface area contributed by atoms with Crippen LogP contribution in [0.3, 0.4) is 0 Å². The minimum Gasteiger partial charge on any atom is -0.391 e. The zero-order chi connectivity index (χ0) is 12.4. The van der Waals surface area contributed by atoms with Gasteiger partial charge in [-0.3, -0.25) is 4.79 Å².